The van der Waals surface area contributed by atoms with Crippen LogP contribution in [-0.2, 0) is 13.0 Å². The summed E-state index contributed by atoms with van der Waals surface area (Å²) < 4.78 is 2.09. The van der Waals surface area contributed by atoms with Crippen molar-refractivity contribution in [3.63, 3.8) is 0 Å². The lowest BCUT2D eigenvalue weighted by Gasteiger charge is -2.00. The average Bonchev–Trinajstić information content (AvgIpc) is 2.65. The summed E-state index contributed by atoms with van der Waals surface area (Å²) in [6.07, 6.45) is 2.17. The van der Waals surface area contributed by atoms with Gasteiger partial charge in [-0.2, -0.15) is 5.10 Å². The summed E-state index contributed by atoms with van der Waals surface area (Å²) in [7, 11) is 0. The van der Waals surface area contributed by atoms with E-state index < -0.39 is 0 Å². The molecule has 0 amide bonds. The summed E-state index contributed by atoms with van der Waals surface area (Å²) in [5.41, 5.74) is 2.48. The van der Waals surface area contributed by atoms with Gasteiger partial charge in [0.2, 0.25) is 0 Å². The number of benzene rings is 1. The molecule has 0 aliphatic rings. The zero-order valence-electron chi connectivity index (χ0n) is 9.78. The molecule has 0 saturated carbocycles. The number of aromatic nitrogens is 2. The third-order valence-corrected chi connectivity index (χ3v) is 3.27. The Morgan fingerprint density at radius 3 is 2.81 bits per heavy atom. The Morgan fingerprint density at radius 2 is 2.12 bits per heavy atom. The van der Waals surface area contributed by atoms with E-state index in [9.17, 15) is 0 Å². The molecule has 86 valence electrons. The Kier molecular flexibility index (Phi) is 3.64. The number of aryl methyl sites for hydroxylation is 2. The van der Waals surface area contributed by atoms with Crippen LogP contribution in [0.25, 0.3) is 10.9 Å². The monoisotopic (exact) mass is 280 g/mol. The van der Waals surface area contributed by atoms with Crippen molar-refractivity contribution in [1.82, 2.24) is 9.78 Å². The quantitative estimate of drug-likeness (QED) is 0.780. The van der Waals surface area contributed by atoms with Gasteiger partial charge in [0.1, 0.15) is 0 Å². The minimum absolute atomic E-state index is 0.554. The summed E-state index contributed by atoms with van der Waals surface area (Å²) in [5, 5.41) is 5.98. The molecular weight excluding hydrogens is 264 g/mol. The van der Waals surface area contributed by atoms with Crippen LogP contribution in [-0.4, -0.2) is 14.6 Å². The van der Waals surface area contributed by atoms with Crippen LogP contribution in [0, 0.1) is 0 Å². The number of hydrogen-bond acceptors (Lipinski definition) is 1. The highest BCUT2D eigenvalue weighted by atomic mass is 79.9. The van der Waals surface area contributed by atoms with E-state index in [1.165, 1.54) is 16.6 Å². The maximum atomic E-state index is 4.68. The van der Waals surface area contributed by atoms with Crippen molar-refractivity contribution in [2.75, 3.05) is 0 Å². The van der Waals surface area contributed by atoms with Crippen LogP contribution < -0.4 is 0 Å². The van der Waals surface area contributed by atoms with E-state index in [2.05, 4.69) is 63.8 Å². The molecule has 0 spiro atoms. The van der Waals surface area contributed by atoms with E-state index in [1.54, 1.807) is 0 Å². The topological polar surface area (TPSA) is 17.8 Å². The van der Waals surface area contributed by atoms with Crippen molar-refractivity contribution in [3.05, 3.63) is 30.0 Å². The number of halogens is 1. The SMILES string of the molecule is CCn1nc(CCC(C)Br)c2ccccc21. The Bertz CT molecular complexity index is 474. The smallest absolute Gasteiger partial charge is 0.0703 e. The number of nitrogens with zero attached hydrogens (tertiary/aromatic N) is 2. The third-order valence-electron chi connectivity index (χ3n) is 2.81. The van der Waals surface area contributed by atoms with Crippen molar-refractivity contribution in [3.8, 4) is 0 Å². The molecule has 0 aliphatic carbocycles. The minimum Gasteiger partial charge on any atom is -0.265 e. The maximum Gasteiger partial charge on any atom is 0.0703 e. The van der Waals surface area contributed by atoms with Gasteiger partial charge in [0.25, 0.3) is 0 Å². The van der Waals surface area contributed by atoms with E-state index in [-0.39, 0.29) is 0 Å². The Morgan fingerprint density at radius 1 is 1.38 bits per heavy atom. The van der Waals surface area contributed by atoms with Gasteiger partial charge in [-0.3, -0.25) is 4.68 Å². The number of fused-ring (bicyclic) bond motifs is 1. The lowest BCUT2D eigenvalue weighted by Crippen LogP contribution is -1.99. The predicted octanol–water partition coefficient (Wildman–Crippen LogP) is 3.77. The molecule has 3 heteroatoms. The van der Waals surface area contributed by atoms with Crippen LogP contribution in [0.5, 0.6) is 0 Å². The Hall–Kier alpha value is -0.830. The lowest BCUT2D eigenvalue weighted by molar-refractivity contribution is 0.660. The van der Waals surface area contributed by atoms with Gasteiger partial charge in [0, 0.05) is 16.8 Å². The fourth-order valence-corrected chi connectivity index (χ4v) is 2.19. The number of rotatable bonds is 4. The van der Waals surface area contributed by atoms with E-state index >= 15 is 0 Å². The molecule has 2 rings (SSSR count). The van der Waals surface area contributed by atoms with E-state index in [0.29, 0.717) is 4.83 Å². The van der Waals surface area contributed by atoms with E-state index in [1.807, 2.05) is 0 Å². The summed E-state index contributed by atoms with van der Waals surface area (Å²) >= 11 is 3.59. The molecule has 0 N–H and O–H groups in total. The largest absolute Gasteiger partial charge is 0.265 e. The van der Waals surface area contributed by atoms with Crippen molar-refractivity contribution in [2.24, 2.45) is 0 Å². The van der Waals surface area contributed by atoms with E-state index in [4.69, 9.17) is 0 Å². The molecule has 1 aromatic heterocycles. The second kappa shape index (κ2) is 5.00. The highest BCUT2D eigenvalue weighted by Gasteiger charge is 2.09. The first-order valence-electron chi connectivity index (χ1n) is 5.81. The first kappa shape index (κ1) is 11.6. The van der Waals surface area contributed by atoms with Gasteiger partial charge in [-0.05, 0) is 25.8 Å². The first-order chi connectivity index (χ1) is 7.72. The molecule has 0 fully saturated rings. The predicted molar refractivity (Wildman–Crippen MR) is 72.1 cm³/mol. The number of para-hydroxylation sites is 1. The summed E-state index contributed by atoms with van der Waals surface area (Å²) in [5.74, 6) is 0. The van der Waals surface area contributed by atoms with Crippen molar-refractivity contribution < 1.29 is 0 Å². The standard InChI is InChI=1S/C13H17BrN2/c1-3-16-13-7-5-4-6-11(13)12(15-16)9-8-10(2)14/h4-7,10H,3,8-9H2,1-2H3. The van der Waals surface area contributed by atoms with Gasteiger partial charge < -0.3 is 0 Å². The molecule has 0 aliphatic heterocycles. The van der Waals surface area contributed by atoms with Gasteiger partial charge in [-0.15, -0.1) is 0 Å². The van der Waals surface area contributed by atoms with Crippen LogP contribution in [0.2, 0.25) is 0 Å². The molecule has 0 saturated heterocycles. The minimum atomic E-state index is 0.554. The first-order valence-corrected chi connectivity index (χ1v) is 6.72. The summed E-state index contributed by atoms with van der Waals surface area (Å²) in [6.45, 7) is 5.25. The molecule has 0 radical (unpaired) electrons. The van der Waals surface area contributed by atoms with Crippen LogP contribution in [0.4, 0.5) is 0 Å². The molecule has 16 heavy (non-hydrogen) atoms. The van der Waals surface area contributed by atoms with Crippen LogP contribution in [0.1, 0.15) is 26.0 Å². The van der Waals surface area contributed by atoms with Crippen molar-refractivity contribution in [1.29, 1.82) is 0 Å². The second-order valence-electron chi connectivity index (χ2n) is 4.10. The highest BCUT2D eigenvalue weighted by molar-refractivity contribution is 9.09. The molecule has 1 atom stereocenters. The van der Waals surface area contributed by atoms with Gasteiger partial charge in [0.05, 0.1) is 11.2 Å². The van der Waals surface area contributed by atoms with Gasteiger partial charge in [-0.25, -0.2) is 0 Å². The fourth-order valence-electron chi connectivity index (χ4n) is 1.96. The summed E-state index contributed by atoms with van der Waals surface area (Å²) in [6, 6.07) is 8.48. The zero-order valence-corrected chi connectivity index (χ0v) is 11.4. The van der Waals surface area contributed by atoms with Crippen molar-refractivity contribution >= 4 is 26.8 Å². The zero-order chi connectivity index (χ0) is 11.5. The van der Waals surface area contributed by atoms with Gasteiger partial charge in [-0.1, -0.05) is 41.1 Å². The molecule has 1 unspecified atom stereocenters. The lowest BCUT2D eigenvalue weighted by atomic mass is 10.1. The number of alkyl halides is 1. The molecule has 2 nitrogen and oxygen atoms in total. The normalized spacial score (nSPS) is 13.2. The number of hydrogen-bond donors (Lipinski definition) is 0. The van der Waals surface area contributed by atoms with E-state index in [0.717, 1.165) is 19.4 Å². The van der Waals surface area contributed by atoms with Crippen LogP contribution in [0.15, 0.2) is 24.3 Å². The van der Waals surface area contributed by atoms with Gasteiger partial charge >= 0.3 is 0 Å². The average molecular weight is 281 g/mol. The fraction of sp³-hybridized carbons (Fsp3) is 0.462. The van der Waals surface area contributed by atoms with Crippen LogP contribution in [0.3, 0.4) is 0 Å². The van der Waals surface area contributed by atoms with Crippen LogP contribution >= 0.6 is 15.9 Å². The molecular formula is C13H17BrN2. The Labute approximate surface area is 105 Å². The molecule has 2 aromatic rings. The molecule has 1 heterocycles. The highest BCUT2D eigenvalue weighted by Crippen LogP contribution is 2.20. The molecule has 0 bridgehead atoms. The van der Waals surface area contributed by atoms with Crippen molar-refractivity contribution in [2.45, 2.75) is 38.1 Å². The Balaban J connectivity index is 2.37. The molecule has 1 aromatic carbocycles. The second-order valence-corrected chi connectivity index (χ2v) is 5.66. The van der Waals surface area contributed by atoms with Gasteiger partial charge in [0.15, 0.2) is 0 Å². The summed E-state index contributed by atoms with van der Waals surface area (Å²) in [4.78, 5) is 0.554. The third kappa shape index (κ3) is 2.29. The maximum absolute atomic E-state index is 4.68.